The second-order valence-corrected chi connectivity index (χ2v) is 5.61. The van der Waals surface area contributed by atoms with Crippen LogP contribution in [0.25, 0.3) is 0 Å². The van der Waals surface area contributed by atoms with Gasteiger partial charge in [0, 0.05) is 18.6 Å². The Morgan fingerprint density at radius 3 is 2.60 bits per heavy atom. The van der Waals surface area contributed by atoms with Gasteiger partial charge in [-0.15, -0.1) is 0 Å². The van der Waals surface area contributed by atoms with Crippen LogP contribution in [-0.4, -0.2) is 43.2 Å². The second kappa shape index (κ2) is 6.86. The van der Waals surface area contributed by atoms with Crippen LogP contribution in [0.5, 0.6) is 0 Å². The predicted molar refractivity (Wildman–Crippen MR) is 79.4 cm³/mol. The van der Waals surface area contributed by atoms with Crippen LogP contribution in [0.1, 0.15) is 31.9 Å². The lowest BCUT2D eigenvalue weighted by atomic mass is 10.1. The highest BCUT2D eigenvalue weighted by atomic mass is 16.5. The van der Waals surface area contributed by atoms with Crippen molar-refractivity contribution in [2.45, 2.75) is 38.4 Å². The normalized spacial score (nSPS) is 21.1. The number of carbonyl (C=O) groups is 1. The monoisotopic (exact) mass is 276 g/mol. The maximum absolute atomic E-state index is 12.0. The Labute approximate surface area is 121 Å². The summed E-state index contributed by atoms with van der Waals surface area (Å²) in [7, 11) is 1.44. The number of nitrogens with zero attached hydrogens (tertiary/aromatic N) is 1. The molecule has 0 amide bonds. The lowest BCUT2D eigenvalue weighted by Crippen LogP contribution is -2.40. The van der Waals surface area contributed by atoms with E-state index >= 15 is 0 Å². The number of carbonyl (C=O) groups excluding carboxylic acids is 1. The first-order chi connectivity index (χ1) is 9.61. The summed E-state index contributed by atoms with van der Waals surface area (Å²) in [4.78, 5) is 14.4. The number of ether oxygens (including phenoxy) is 1. The Morgan fingerprint density at radius 2 is 2.05 bits per heavy atom. The van der Waals surface area contributed by atoms with Crippen LogP contribution in [0.3, 0.4) is 0 Å². The second-order valence-electron chi connectivity index (χ2n) is 5.61. The van der Waals surface area contributed by atoms with Gasteiger partial charge in [0.1, 0.15) is 6.04 Å². The molecule has 1 aromatic carbocycles. The van der Waals surface area contributed by atoms with Gasteiger partial charge in [-0.2, -0.15) is 0 Å². The fourth-order valence-corrected chi connectivity index (χ4v) is 2.69. The van der Waals surface area contributed by atoms with Crippen molar-refractivity contribution < 1.29 is 9.53 Å². The Balaban J connectivity index is 2.04. The van der Waals surface area contributed by atoms with E-state index < -0.39 is 0 Å². The molecule has 1 aliphatic heterocycles. The zero-order chi connectivity index (χ0) is 14.5. The summed E-state index contributed by atoms with van der Waals surface area (Å²) >= 11 is 0. The Kier molecular flexibility index (Phi) is 5.15. The minimum atomic E-state index is -0.377. The average molecular weight is 276 g/mol. The zero-order valence-electron chi connectivity index (χ0n) is 12.5. The van der Waals surface area contributed by atoms with Crippen molar-refractivity contribution in [3.05, 3.63) is 35.9 Å². The number of esters is 1. The Hall–Kier alpha value is -1.39. The number of nitrogens with one attached hydrogen (secondary N) is 1. The summed E-state index contributed by atoms with van der Waals surface area (Å²) in [5, 5.41) is 3.45. The largest absolute Gasteiger partial charge is 0.468 e. The SMILES string of the molecule is COC(=O)C(NC1CCN(C(C)C)C1)c1ccccc1. The molecular formula is C16H24N2O2. The summed E-state index contributed by atoms with van der Waals surface area (Å²) in [6, 6.07) is 10.3. The summed E-state index contributed by atoms with van der Waals surface area (Å²) in [6.45, 7) is 6.48. The first-order valence-corrected chi connectivity index (χ1v) is 7.24. The maximum atomic E-state index is 12.0. The third-order valence-corrected chi connectivity index (χ3v) is 3.92. The molecule has 4 heteroatoms. The summed E-state index contributed by atoms with van der Waals surface area (Å²) in [5.74, 6) is -0.223. The fraction of sp³-hybridized carbons (Fsp3) is 0.562. The van der Waals surface area contributed by atoms with Gasteiger partial charge in [-0.05, 0) is 32.4 Å². The molecule has 110 valence electrons. The molecule has 0 saturated carbocycles. The lowest BCUT2D eigenvalue weighted by molar-refractivity contribution is -0.143. The van der Waals surface area contributed by atoms with Gasteiger partial charge in [0.2, 0.25) is 0 Å². The van der Waals surface area contributed by atoms with E-state index in [0.717, 1.165) is 25.1 Å². The van der Waals surface area contributed by atoms with Gasteiger partial charge in [-0.25, -0.2) is 4.79 Å². The van der Waals surface area contributed by atoms with E-state index in [1.54, 1.807) is 0 Å². The van der Waals surface area contributed by atoms with Crippen molar-refractivity contribution in [3.8, 4) is 0 Å². The van der Waals surface area contributed by atoms with Crippen LogP contribution in [0.15, 0.2) is 30.3 Å². The van der Waals surface area contributed by atoms with E-state index in [1.165, 1.54) is 7.11 Å². The molecule has 0 aliphatic carbocycles. The summed E-state index contributed by atoms with van der Waals surface area (Å²) in [6.07, 6.45) is 1.07. The lowest BCUT2D eigenvalue weighted by Gasteiger charge is -2.23. The number of hydrogen-bond donors (Lipinski definition) is 1. The number of likely N-dealkylation sites (tertiary alicyclic amines) is 1. The predicted octanol–water partition coefficient (Wildman–Crippen LogP) is 1.97. The molecule has 1 saturated heterocycles. The van der Waals surface area contributed by atoms with Gasteiger partial charge < -0.3 is 4.74 Å². The molecule has 0 aromatic heterocycles. The molecule has 2 atom stereocenters. The van der Waals surface area contributed by atoms with Gasteiger partial charge in [0.05, 0.1) is 7.11 Å². The first kappa shape index (κ1) is 15.0. The highest BCUT2D eigenvalue weighted by molar-refractivity contribution is 5.77. The highest BCUT2D eigenvalue weighted by Crippen LogP contribution is 2.19. The van der Waals surface area contributed by atoms with Crippen molar-refractivity contribution in [2.24, 2.45) is 0 Å². The van der Waals surface area contributed by atoms with Crippen LogP contribution in [0, 0.1) is 0 Å². The molecule has 0 bridgehead atoms. The number of hydrogen-bond acceptors (Lipinski definition) is 4. The Morgan fingerprint density at radius 1 is 1.35 bits per heavy atom. The van der Waals surface area contributed by atoms with E-state index in [1.807, 2.05) is 30.3 Å². The molecule has 1 heterocycles. The van der Waals surface area contributed by atoms with E-state index in [-0.39, 0.29) is 12.0 Å². The van der Waals surface area contributed by atoms with Crippen LogP contribution in [-0.2, 0) is 9.53 Å². The molecule has 0 radical (unpaired) electrons. The van der Waals surface area contributed by atoms with Crippen molar-refractivity contribution in [1.82, 2.24) is 10.2 Å². The maximum Gasteiger partial charge on any atom is 0.327 e. The first-order valence-electron chi connectivity index (χ1n) is 7.24. The smallest absolute Gasteiger partial charge is 0.327 e. The van der Waals surface area contributed by atoms with Crippen molar-refractivity contribution in [2.75, 3.05) is 20.2 Å². The molecule has 4 nitrogen and oxygen atoms in total. The van der Waals surface area contributed by atoms with E-state index in [0.29, 0.717) is 12.1 Å². The highest BCUT2D eigenvalue weighted by Gasteiger charge is 2.29. The van der Waals surface area contributed by atoms with Crippen LogP contribution >= 0.6 is 0 Å². The van der Waals surface area contributed by atoms with Crippen LogP contribution in [0.4, 0.5) is 0 Å². The van der Waals surface area contributed by atoms with Crippen molar-refractivity contribution in [1.29, 1.82) is 0 Å². The Bertz CT molecular complexity index is 433. The van der Waals surface area contributed by atoms with Crippen molar-refractivity contribution >= 4 is 5.97 Å². The van der Waals surface area contributed by atoms with E-state index in [9.17, 15) is 4.79 Å². The molecule has 0 spiro atoms. The van der Waals surface area contributed by atoms with Crippen molar-refractivity contribution in [3.63, 3.8) is 0 Å². The van der Waals surface area contributed by atoms with Gasteiger partial charge in [-0.1, -0.05) is 30.3 Å². The van der Waals surface area contributed by atoms with E-state index in [4.69, 9.17) is 4.74 Å². The molecular weight excluding hydrogens is 252 g/mol. The molecule has 1 fully saturated rings. The van der Waals surface area contributed by atoms with Crippen LogP contribution < -0.4 is 5.32 Å². The molecule has 2 rings (SSSR count). The number of methoxy groups -OCH3 is 1. The van der Waals surface area contributed by atoms with Gasteiger partial charge in [-0.3, -0.25) is 10.2 Å². The average Bonchev–Trinajstić information content (AvgIpc) is 2.94. The molecule has 1 N–H and O–H groups in total. The van der Waals surface area contributed by atoms with E-state index in [2.05, 4.69) is 24.1 Å². The van der Waals surface area contributed by atoms with Crippen LogP contribution in [0.2, 0.25) is 0 Å². The quantitative estimate of drug-likeness (QED) is 0.835. The zero-order valence-corrected chi connectivity index (χ0v) is 12.5. The number of rotatable bonds is 5. The molecule has 1 aromatic rings. The van der Waals surface area contributed by atoms with Gasteiger partial charge in [0.15, 0.2) is 0 Å². The topological polar surface area (TPSA) is 41.6 Å². The molecule has 20 heavy (non-hydrogen) atoms. The van der Waals surface area contributed by atoms with Gasteiger partial charge in [0.25, 0.3) is 0 Å². The standard InChI is InChI=1S/C16H24N2O2/c1-12(2)18-10-9-14(11-18)17-15(16(19)20-3)13-7-5-4-6-8-13/h4-8,12,14-15,17H,9-11H2,1-3H3. The fourth-order valence-electron chi connectivity index (χ4n) is 2.69. The number of benzene rings is 1. The minimum absolute atomic E-state index is 0.223. The summed E-state index contributed by atoms with van der Waals surface area (Å²) < 4.78 is 4.94. The third-order valence-electron chi connectivity index (χ3n) is 3.92. The molecule has 1 aliphatic rings. The third kappa shape index (κ3) is 3.58. The van der Waals surface area contributed by atoms with Gasteiger partial charge >= 0.3 is 5.97 Å². The molecule has 2 unspecified atom stereocenters. The minimum Gasteiger partial charge on any atom is -0.468 e. The summed E-state index contributed by atoms with van der Waals surface area (Å²) in [5.41, 5.74) is 0.961.